The van der Waals surface area contributed by atoms with E-state index in [4.69, 9.17) is 10.6 Å². The molecule has 0 fully saturated rings. The Morgan fingerprint density at radius 1 is 1.38 bits per heavy atom. The number of nitrogens with two attached hydrogens (primary N) is 1. The Morgan fingerprint density at radius 3 is 2.62 bits per heavy atom. The number of hydrogen-bond acceptors (Lipinski definition) is 3. The molecule has 0 aromatic heterocycles. The molecule has 0 aliphatic rings. The van der Waals surface area contributed by atoms with E-state index in [9.17, 15) is 0 Å². The first kappa shape index (κ1) is 13.0. The van der Waals surface area contributed by atoms with Crippen molar-refractivity contribution in [2.45, 2.75) is 32.7 Å². The van der Waals surface area contributed by atoms with Gasteiger partial charge in [0.15, 0.2) is 0 Å². The molecule has 3 nitrogen and oxygen atoms in total. The summed E-state index contributed by atoms with van der Waals surface area (Å²) in [5.41, 5.74) is 4.01. The van der Waals surface area contributed by atoms with Gasteiger partial charge in [-0.05, 0) is 18.4 Å². The van der Waals surface area contributed by atoms with Gasteiger partial charge in [-0.1, -0.05) is 38.5 Å². The topological polar surface area (TPSA) is 47.3 Å². The summed E-state index contributed by atoms with van der Waals surface area (Å²) in [6, 6.07) is 8.17. The highest BCUT2D eigenvalue weighted by atomic mass is 16.5. The van der Waals surface area contributed by atoms with Crippen molar-refractivity contribution in [2.75, 3.05) is 7.11 Å². The second-order valence-corrected chi connectivity index (χ2v) is 4.21. The van der Waals surface area contributed by atoms with Crippen LogP contribution < -0.4 is 16.0 Å². The Bertz CT molecular complexity index is 315. The molecule has 1 rings (SSSR count). The number of hydrazine groups is 1. The van der Waals surface area contributed by atoms with E-state index >= 15 is 0 Å². The highest BCUT2D eigenvalue weighted by Gasteiger charge is 2.16. The quantitative estimate of drug-likeness (QED) is 0.574. The molecule has 3 N–H and O–H groups in total. The predicted octanol–water partition coefficient (Wildman–Crippen LogP) is 2.64. The standard InChI is InChI=1S/C13H22N2O/c1-4-10(2)9-12(15-14)11-7-5-6-8-13(11)16-3/h5-8,10,12,15H,4,9,14H2,1-3H3. The van der Waals surface area contributed by atoms with Crippen LogP contribution in [0.2, 0.25) is 0 Å². The van der Waals surface area contributed by atoms with Crippen molar-refractivity contribution >= 4 is 0 Å². The third kappa shape index (κ3) is 3.22. The molecule has 0 aliphatic heterocycles. The molecule has 0 radical (unpaired) electrons. The van der Waals surface area contributed by atoms with Gasteiger partial charge in [0.05, 0.1) is 7.11 Å². The van der Waals surface area contributed by atoms with E-state index in [0.717, 1.165) is 24.2 Å². The van der Waals surface area contributed by atoms with Crippen LogP contribution in [0.25, 0.3) is 0 Å². The van der Waals surface area contributed by atoms with Crippen molar-refractivity contribution in [3.63, 3.8) is 0 Å². The van der Waals surface area contributed by atoms with Crippen molar-refractivity contribution in [3.8, 4) is 5.75 Å². The number of ether oxygens (including phenoxy) is 1. The Kier molecular flexibility index (Phi) is 5.29. The Morgan fingerprint density at radius 2 is 2.06 bits per heavy atom. The highest BCUT2D eigenvalue weighted by Crippen LogP contribution is 2.29. The highest BCUT2D eigenvalue weighted by molar-refractivity contribution is 5.35. The van der Waals surface area contributed by atoms with Crippen LogP contribution in [0.3, 0.4) is 0 Å². The van der Waals surface area contributed by atoms with E-state index in [2.05, 4.69) is 25.3 Å². The van der Waals surface area contributed by atoms with Gasteiger partial charge < -0.3 is 4.74 Å². The summed E-state index contributed by atoms with van der Waals surface area (Å²) in [4.78, 5) is 0. The van der Waals surface area contributed by atoms with E-state index in [1.807, 2.05) is 18.2 Å². The lowest BCUT2D eigenvalue weighted by molar-refractivity contribution is 0.373. The third-order valence-corrected chi connectivity index (χ3v) is 3.05. The molecular formula is C13H22N2O. The molecule has 0 bridgehead atoms. The molecule has 0 aliphatic carbocycles. The summed E-state index contributed by atoms with van der Waals surface area (Å²) in [5.74, 6) is 7.17. The monoisotopic (exact) mass is 222 g/mol. The molecule has 16 heavy (non-hydrogen) atoms. The fourth-order valence-corrected chi connectivity index (χ4v) is 1.81. The van der Waals surface area contributed by atoms with Crippen molar-refractivity contribution in [1.82, 2.24) is 5.43 Å². The Hall–Kier alpha value is -1.06. The van der Waals surface area contributed by atoms with Crippen molar-refractivity contribution < 1.29 is 4.74 Å². The molecule has 0 saturated carbocycles. The van der Waals surface area contributed by atoms with Crippen molar-refractivity contribution in [1.29, 1.82) is 0 Å². The maximum Gasteiger partial charge on any atom is 0.123 e. The van der Waals surface area contributed by atoms with Gasteiger partial charge in [-0.2, -0.15) is 0 Å². The van der Waals surface area contributed by atoms with E-state index in [1.54, 1.807) is 7.11 Å². The van der Waals surface area contributed by atoms with Gasteiger partial charge in [-0.25, -0.2) is 0 Å². The molecule has 2 atom stereocenters. The second-order valence-electron chi connectivity index (χ2n) is 4.21. The number of methoxy groups -OCH3 is 1. The molecule has 2 unspecified atom stereocenters. The van der Waals surface area contributed by atoms with Gasteiger partial charge >= 0.3 is 0 Å². The predicted molar refractivity (Wildman–Crippen MR) is 67.1 cm³/mol. The number of rotatable bonds is 6. The average Bonchev–Trinajstić information content (AvgIpc) is 2.35. The van der Waals surface area contributed by atoms with Crippen LogP contribution in [0.5, 0.6) is 5.75 Å². The summed E-state index contributed by atoms with van der Waals surface area (Å²) in [7, 11) is 1.69. The fourth-order valence-electron chi connectivity index (χ4n) is 1.81. The molecule has 1 aromatic rings. The summed E-state index contributed by atoms with van der Waals surface area (Å²) < 4.78 is 5.35. The molecular weight excluding hydrogens is 200 g/mol. The largest absolute Gasteiger partial charge is 0.496 e. The van der Waals surface area contributed by atoms with Crippen LogP contribution in [0.1, 0.15) is 38.3 Å². The first-order chi connectivity index (χ1) is 7.72. The van der Waals surface area contributed by atoms with Gasteiger partial charge in [0.25, 0.3) is 0 Å². The summed E-state index contributed by atoms with van der Waals surface area (Å²) in [6.07, 6.45) is 2.18. The summed E-state index contributed by atoms with van der Waals surface area (Å²) in [6.45, 7) is 4.43. The average molecular weight is 222 g/mol. The number of nitrogens with one attached hydrogen (secondary N) is 1. The van der Waals surface area contributed by atoms with Crippen LogP contribution in [0, 0.1) is 5.92 Å². The van der Waals surface area contributed by atoms with E-state index < -0.39 is 0 Å². The zero-order chi connectivity index (χ0) is 12.0. The smallest absolute Gasteiger partial charge is 0.123 e. The normalized spacial score (nSPS) is 14.5. The SMILES string of the molecule is CCC(C)CC(NN)c1ccccc1OC. The zero-order valence-corrected chi connectivity index (χ0v) is 10.4. The minimum atomic E-state index is 0.158. The molecule has 1 aromatic carbocycles. The summed E-state index contributed by atoms with van der Waals surface area (Å²) in [5, 5.41) is 0. The van der Waals surface area contributed by atoms with Gasteiger partial charge in [-0.15, -0.1) is 0 Å². The Balaban J connectivity index is 2.85. The number of hydrogen-bond donors (Lipinski definition) is 2. The summed E-state index contributed by atoms with van der Waals surface area (Å²) >= 11 is 0. The molecule has 0 amide bonds. The van der Waals surface area contributed by atoms with Gasteiger partial charge in [-0.3, -0.25) is 11.3 Å². The zero-order valence-electron chi connectivity index (χ0n) is 10.4. The van der Waals surface area contributed by atoms with Gasteiger partial charge in [0.2, 0.25) is 0 Å². The van der Waals surface area contributed by atoms with Crippen LogP contribution >= 0.6 is 0 Å². The molecule has 90 valence electrons. The van der Waals surface area contributed by atoms with Crippen LogP contribution in [-0.2, 0) is 0 Å². The van der Waals surface area contributed by atoms with E-state index in [-0.39, 0.29) is 6.04 Å². The maximum absolute atomic E-state index is 5.63. The van der Waals surface area contributed by atoms with Crippen LogP contribution in [0.15, 0.2) is 24.3 Å². The van der Waals surface area contributed by atoms with Gasteiger partial charge in [0, 0.05) is 11.6 Å². The second kappa shape index (κ2) is 6.51. The number of benzene rings is 1. The lowest BCUT2D eigenvalue weighted by Crippen LogP contribution is -2.29. The van der Waals surface area contributed by atoms with Crippen molar-refractivity contribution in [3.05, 3.63) is 29.8 Å². The maximum atomic E-state index is 5.63. The van der Waals surface area contributed by atoms with Crippen LogP contribution in [-0.4, -0.2) is 7.11 Å². The van der Waals surface area contributed by atoms with Crippen molar-refractivity contribution in [2.24, 2.45) is 11.8 Å². The van der Waals surface area contributed by atoms with E-state index in [1.165, 1.54) is 0 Å². The lowest BCUT2D eigenvalue weighted by atomic mass is 9.94. The van der Waals surface area contributed by atoms with Gasteiger partial charge in [0.1, 0.15) is 5.75 Å². The van der Waals surface area contributed by atoms with Crippen LogP contribution in [0.4, 0.5) is 0 Å². The van der Waals surface area contributed by atoms with E-state index in [0.29, 0.717) is 5.92 Å². The fraction of sp³-hybridized carbons (Fsp3) is 0.538. The minimum absolute atomic E-state index is 0.158. The third-order valence-electron chi connectivity index (χ3n) is 3.05. The molecule has 0 saturated heterocycles. The first-order valence-electron chi connectivity index (χ1n) is 5.81. The minimum Gasteiger partial charge on any atom is -0.496 e. The number of para-hydroxylation sites is 1. The molecule has 0 spiro atoms. The molecule has 0 heterocycles. The first-order valence-corrected chi connectivity index (χ1v) is 5.81. The Labute approximate surface area is 98.0 Å². The lowest BCUT2D eigenvalue weighted by Gasteiger charge is -2.21. The molecule has 3 heteroatoms.